The normalized spacial score (nSPS) is 14.2. The summed E-state index contributed by atoms with van der Waals surface area (Å²) in [5.74, 6) is -3.50. The van der Waals surface area contributed by atoms with Gasteiger partial charge < -0.3 is 38.3 Å². The Labute approximate surface area is 217 Å². The Morgan fingerprint density at radius 3 is 1.97 bits per heavy atom. The number of amides is 3. The van der Waals surface area contributed by atoms with Crippen LogP contribution in [0.4, 0.5) is 0 Å². The molecule has 0 saturated carbocycles. The predicted molar refractivity (Wildman–Crippen MR) is 141 cm³/mol. The average molecular weight is 520 g/mol. The summed E-state index contributed by atoms with van der Waals surface area (Å²) in [5, 5.41) is 17.5. The van der Waals surface area contributed by atoms with Crippen LogP contribution >= 0.6 is 0 Å². The van der Waals surface area contributed by atoms with Gasteiger partial charge >= 0.3 is 5.97 Å². The molecule has 12 heteroatoms. The standard InChI is InChI=1S/C25H41N7O5/c1-14(2)19(26)22(34)32-20(15(3)4)23(35)30-17(11-8-12-29-25(27)28)21(33)31-18(24(36)37)13-16-9-6-5-7-10-16/h5-7,9-10,14-15,17-20H,8,11-13,26H2,1-4H3,(H,30,35)(H,31,33)(H,32,34)(H,36,37)(H4,27,28,29)/t17-,18-,19-,20-/m0/s1. The Bertz CT molecular complexity index is 933. The second kappa shape index (κ2) is 15.4. The Morgan fingerprint density at radius 1 is 0.865 bits per heavy atom. The molecule has 1 aromatic rings. The summed E-state index contributed by atoms with van der Waals surface area (Å²) in [4.78, 5) is 54.5. The first kappa shape index (κ1) is 31.4. The summed E-state index contributed by atoms with van der Waals surface area (Å²) < 4.78 is 0. The third-order valence-corrected chi connectivity index (χ3v) is 5.74. The molecule has 0 heterocycles. The maximum atomic E-state index is 13.1. The minimum atomic E-state index is -1.21. The molecule has 3 amide bonds. The minimum Gasteiger partial charge on any atom is -0.480 e. The van der Waals surface area contributed by atoms with Crippen molar-refractivity contribution in [1.82, 2.24) is 16.0 Å². The second-order valence-electron chi connectivity index (χ2n) is 9.60. The number of hydrogen-bond acceptors (Lipinski definition) is 6. The number of nitrogens with one attached hydrogen (secondary N) is 3. The number of rotatable bonds is 15. The fourth-order valence-electron chi connectivity index (χ4n) is 3.44. The van der Waals surface area contributed by atoms with Gasteiger partial charge in [0.25, 0.3) is 0 Å². The van der Waals surface area contributed by atoms with Crippen LogP contribution in [0.1, 0.15) is 46.1 Å². The number of benzene rings is 1. The van der Waals surface area contributed by atoms with E-state index in [1.54, 1.807) is 58.0 Å². The van der Waals surface area contributed by atoms with Crippen molar-refractivity contribution < 1.29 is 24.3 Å². The van der Waals surface area contributed by atoms with Crippen molar-refractivity contribution in [2.45, 2.75) is 71.1 Å². The fourth-order valence-corrected chi connectivity index (χ4v) is 3.44. The molecule has 4 atom stereocenters. The first-order valence-electron chi connectivity index (χ1n) is 12.3. The molecule has 0 unspecified atom stereocenters. The van der Waals surface area contributed by atoms with Gasteiger partial charge in [0.05, 0.1) is 6.04 Å². The van der Waals surface area contributed by atoms with Crippen molar-refractivity contribution in [1.29, 1.82) is 0 Å². The zero-order valence-electron chi connectivity index (χ0n) is 21.9. The van der Waals surface area contributed by atoms with Gasteiger partial charge in [0, 0.05) is 13.0 Å². The molecular weight excluding hydrogens is 478 g/mol. The number of carboxylic acid groups (broad SMARTS) is 1. The van der Waals surface area contributed by atoms with Gasteiger partial charge in [0.2, 0.25) is 17.7 Å². The number of nitrogens with zero attached hydrogens (tertiary/aromatic N) is 1. The van der Waals surface area contributed by atoms with E-state index in [0.29, 0.717) is 6.42 Å². The molecule has 12 nitrogen and oxygen atoms in total. The number of hydrogen-bond donors (Lipinski definition) is 7. The lowest BCUT2D eigenvalue weighted by atomic mass is 9.99. The van der Waals surface area contributed by atoms with E-state index < -0.39 is 47.9 Å². The molecule has 0 bridgehead atoms. The summed E-state index contributed by atoms with van der Waals surface area (Å²) in [5.41, 5.74) is 17.3. The molecule has 0 saturated heterocycles. The first-order valence-corrected chi connectivity index (χ1v) is 12.3. The van der Waals surface area contributed by atoms with Crippen molar-refractivity contribution in [3.8, 4) is 0 Å². The third kappa shape index (κ3) is 11.3. The molecule has 0 aliphatic carbocycles. The molecule has 0 aliphatic rings. The lowest BCUT2D eigenvalue weighted by molar-refractivity contribution is -0.142. The van der Waals surface area contributed by atoms with Crippen LogP contribution in [0.15, 0.2) is 35.3 Å². The molecule has 0 radical (unpaired) electrons. The highest BCUT2D eigenvalue weighted by Crippen LogP contribution is 2.09. The minimum absolute atomic E-state index is 0.0638. The highest BCUT2D eigenvalue weighted by Gasteiger charge is 2.32. The molecule has 0 spiro atoms. The van der Waals surface area contributed by atoms with E-state index in [1.165, 1.54) is 0 Å². The Morgan fingerprint density at radius 2 is 1.46 bits per heavy atom. The Balaban J connectivity index is 3.05. The van der Waals surface area contributed by atoms with Gasteiger partial charge in [-0.15, -0.1) is 0 Å². The van der Waals surface area contributed by atoms with Crippen molar-refractivity contribution in [2.75, 3.05) is 6.54 Å². The Kier molecular flexibility index (Phi) is 13.1. The van der Waals surface area contributed by atoms with Gasteiger partial charge in [-0.1, -0.05) is 58.0 Å². The number of carboxylic acids is 1. The monoisotopic (exact) mass is 519 g/mol. The van der Waals surface area contributed by atoms with Gasteiger partial charge in [-0.3, -0.25) is 19.4 Å². The van der Waals surface area contributed by atoms with E-state index in [9.17, 15) is 24.3 Å². The Hall–Kier alpha value is -3.67. The van der Waals surface area contributed by atoms with E-state index >= 15 is 0 Å². The SMILES string of the molecule is CC(C)[C@H](N)C(=O)N[C@H](C(=O)N[C@@H](CCCN=C(N)N)C(=O)N[C@@H](Cc1ccccc1)C(=O)O)C(C)C. The van der Waals surface area contributed by atoms with Crippen molar-refractivity contribution >= 4 is 29.7 Å². The maximum absolute atomic E-state index is 13.1. The van der Waals surface area contributed by atoms with Crippen LogP contribution < -0.4 is 33.2 Å². The second-order valence-corrected chi connectivity index (χ2v) is 9.60. The van der Waals surface area contributed by atoms with Gasteiger partial charge in [-0.05, 0) is 30.2 Å². The smallest absolute Gasteiger partial charge is 0.326 e. The highest BCUT2D eigenvalue weighted by molar-refractivity contribution is 5.94. The molecule has 1 rings (SSSR count). The first-order chi connectivity index (χ1) is 17.3. The van der Waals surface area contributed by atoms with Crippen LogP contribution in [-0.2, 0) is 25.6 Å². The van der Waals surface area contributed by atoms with Gasteiger partial charge in [-0.25, -0.2) is 4.79 Å². The number of carbonyl (C=O) groups excluding carboxylic acids is 3. The van der Waals surface area contributed by atoms with Crippen LogP contribution in [0.25, 0.3) is 0 Å². The van der Waals surface area contributed by atoms with Crippen LogP contribution in [-0.4, -0.2) is 65.5 Å². The maximum Gasteiger partial charge on any atom is 0.326 e. The van der Waals surface area contributed by atoms with Crippen molar-refractivity contribution in [3.63, 3.8) is 0 Å². The fraction of sp³-hybridized carbons (Fsp3) is 0.560. The number of aliphatic imine (C=N–C) groups is 1. The lowest BCUT2D eigenvalue weighted by Crippen LogP contribution is -2.59. The predicted octanol–water partition coefficient (Wildman–Crippen LogP) is -0.539. The van der Waals surface area contributed by atoms with E-state index in [1.807, 2.05) is 0 Å². The molecule has 37 heavy (non-hydrogen) atoms. The molecule has 0 fully saturated rings. The molecule has 1 aromatic carbocycles. The van der Waals surface area contributed by atoms with Crippen molar-refractivity contribution in [2.24, 2.45) is 34.0 Å². The highest BCUT2D eigenvalue weighted by atomic mass is 16.4. The van der Waals surface area contributed by atoms with Crippen LogP contribution in [0.2, 0.25) is 0 Å². The molecule has 0 aromatic heterocycles. The van der Waals surface area contributed by atoms with Crippen LogP contribution in [0.5, 0.6) is 0 Å². The number of aliphatic carboxylic acids is 1. The van der Waals surface area contributed by atoms with E-state index in [4.69, 9.17) is 17.2 Å². The average Bonchev–Trinajstić information content (AvgIpc) is 2.83. The van der Waals surface area contributed by atoms with Gasteiger partial charge in [0.15, 0.2) is 5.96 Å². The summed E-state index contributed by atoms with van der Waals surface area (Å²) in [7, 11) is 0. The number of guanidine groups is 1. The summed E-state index contributed by atoms with van der Waals surface area (Å²) >= 11 is 0. The number of nitrogens with two attached hydrogens (primary N) is 3. The third-order valence-electron chi connectivity index (χ3n) is 5.74. The molecule has 10 N–H and O–H groups in total. The van der Waals surface area contributed by atoms with Gasteiger partial charge in [-0.2, -0.15) is 0 Å². The summed E-state index contributed by atoms with van der Waals surface area (Å²) in [6, 6.07) is 4.81. The van der Waals surface area contributed by atoms with Crippen molar-refractivity contribution in [3.05, 3.63) is 35.9 Å². The quantitative estimate of drug-likeness (QED) is 0.0905. The zero-order chi connectivity index (χ0) is 28.1. The molecule has 206 valence electrons. The van der Waals surface area contributed by atoms with Crippen LogP contribution in [0, 0.1) is 11.8 Å². The topological polar surface area (TPSA) is 215 Å². The number of carbonyl (C=O) groups is 4. The largest absolute Gasteiger partial charge is 0.480 e. The molecular formula is C25H41N7O5. The summed E-state index contributed by atoms with van der Waals surface area (Å²) in [6.07, 6.45) is 0.536. The van der Waals surface area contributed by atoms with E-state index in [-0.39, 0.29) is 37.2 Å². The van der Waals surface area contributed by atoms with Crippen LogP contribution in [0.3, 0.4) is 0 Å². The summed E-state index contributed by atoms with van der Waals surface area (Å²) in [6.45, 7) is 7.29. The zero-order valence-corrected chi connectivity index (χ0v) is 21.9. The van der Waals surface area contributed by atoms with Gasteiger partial charge in [0.1, 0.15) is 18.1 Å². The van der Waals surface area contributed by atoms with E-state index in [2.05, 4.69) is 20.9 Å². The van der Waals surface area contributed by atoms with E-state index in [0.717, 1.165) is 5.56 Å². The molecule has 0 aliphatic heterocycles. The lowest BCUT2D eigenvalue weighted by Gasteiger charge is -2.27.